The van der Waals surface area contributed by atoms with Gasteiger partial charge in [0.25, 0.3) is 0 Å². The van der Waals surface area contributed by atoms with Crippen molar-refractivity contribution in [2.45, 2.75) is 0 Å². The minimum atomic E-state index is -8.58. The topological polar surface area (TPSA) is 0 Å². The van der Waals surface area contributed by atoms with Gasteiger partial charge in [-0.2, -0.15) is 0 Å². The molecule has 8 aromatic carbocycles. The molecule has 448 valence electrons. The van der Waals surface area contributed by atoms with Crippen LogP contribution in [-0.2, 0) is 0 Å². The van der Waals surface area contributed by atoms with Gasteiger partial charge in [-0.25, -0.2) is 158 Å². The summed E-state index contributed by atoms with van der Waals surface area (Å²) in [6, 6.07) is 0. The number of halogens is 36. The van der Waals surface area contributed by atoms with E-state index in [0.717, 1.165) is 0 Å². The Labute approximate surface area is 458 Å². The van der Waals surface area contributed by atoms with Gasteiger partial charge in [0.05, 0.1) is 44.5 Å². The molecule has 86 heavy (non-hydrogen) atoms. The van der Waals surface area contributed by atoms with Crippen molar-refractivity contribution in [1.82, 2.24) is 0 Å². The van der Waals surface area contributed by atoms with Crippen LogP contribution in [0.4, 0.5) is 158 Å². The summed E-state index contributed by atoms with van der Waals surface area (Å²) in [6.07, 6.45) is -8.58. The molecule has 0 aliphatic heterocycles. The van der Waals surface area contributed by atoms with Gasteiger partial charge < -0.3 is 0 Å². The summed E-state index contributed by atoms with van der Waals surface area (Å²) >= 11 is 0. The van der Waals surface area contributed by atoms with Gasteiger partial charge in [0.2, 0.25) is 23.3 Å². The van der Waals surface area contributed by atoms with Crippen molar-refractivity contribution in [1.29, 1.82) is 0 Å². The second kappa shape index (κ2) is 22.0. The average molecular weight is 1280 g/mol. The van der Waals surface area contributed by atoms with Gasteiger partial charge in [0.1, 0.15) is 52.7 Å². The number of hydrogen-bond donors (Lipinski definition) is 0. The van der Waals surface area contributed by atoms with E-state index >= 15 is 105 Å². The maximum atomic E-state index is 17.4. The van der Waals surface area contributed by atoms with Crippen LogP contribution in [0.3, 0.4) is 0 Å². The molecule has 0 aliphatic carbocycles. The zero-order chi connectivity index (χ0) is 64.2. The van der Waals surface area contributed by atoms with E-state index in [1.165, 1.54) is 0 Å². The zero-order valence-corrected chi connectivity index (χ0v) is 39.2. The third kappa shape index (κ3) is 8.49. The maximum Gasteiger partial charge on any atom is 1.00 e. The Morgan fingerprint density at radius 1 is 0.105 bits per heavy atom. The van der Waals surface area contributed by atoms with E-state index in [1.54, 1.807) is 0 Å². The summed E-state index contributed by atoms with van der Waals surface area (Å²) < 4.78 is 565. The minimum absolute atomic E-state index is 0. The molecule has 0 N–H and O–H groups in total. The van der Waals surface area contributed by atoms with Gasteiger partial charge in [0.15, 0.2) is 140 Å². The minimum Gasteiger partial charge on any atom is -0.207 e. The quantitative estimate of drug-likeness (QED) is 0.0616. The molecule has 0 radical (unpaired) electrons. The van der Waals surface area contributed by atoms with Crippen LogP contribution < -0.4 is 40.7 Å². The van der Waals surface area contributed by atoms with E-state index in [9.17, 15) is 52.7 Å². The Balaban J connectivity index is 0.0000106. The van der Waals surface area contributed by atoms with Gasteiger partial charge in [-0.15, -0.1) is 21.9 Å². The Bertz CT molecular complexity index is 3600. The van der Waals surface area contributed by atoms with Gasteiger partial charge in [0, 0.05) is 0 Å². The molecule has 0 unspecified atom stereocenters. The van der Waals surface area contributed by atoms with Crippen molar-refractivity contribution in [2.24, 2.45) is 0 Å². The van der Waals surface area contributed by atoms with E-state index in [2.05, 4.69) is 0 Å². The van der Waals surface area contributed by atoms with Crippen molar-refractivity contribution in [3.8, 4) is 44.5 Å². The molecule has 0 bridgehead atoms. The molecule has 38 heteroatoms. The largest absolute Gasteiger partial charge is 1.00 e. The molecule has 8 aromatic rings. The molecule has 0 heterocycles. The molecule has 0 amide bonds. The maximum absolute atomic E-state index is 17.4. The van der Waals surface area contributed by atoms with E-state index in [4.69, 9.17) is 0 Å². The monoisotopic (exact) mass is 1280 g/mol. The molecule has 0 aromatic heterocycles. The van der Waals surface area contributed by atoms with E-state index in [0.29, 0.717) is 0 Å². The van der Waals surface area contributed by atoms with Gasteiger partial charge in [-0.1, -0.05) is 0 Å². The van der Waals surface area contributed by atoms with Crippen LogP contribution in [0.2, 0.25) is 0 Å². The Morgan fingerprint density at radius 3 is 0.267 bits per heavy atom. The van der Waals surface area contributed by atoms with E-state index in [1.807, 2.05) is 0 Å². The van der Waals surface area contributed by atoms with Crippen LogP contribution in [0.1, 0.15) is 0 Å². The Hall–Kier alpha value is -8.10. The molecule has 0 saturated carbocycles. The molecule has 0 fully saturated rings. The second-order valence-electron chi connectivity index (χ2n) is 16.8. The molecule has 8 rings (SSSR count). The van der Waals surface area contributed by atoms with E-state index < -0.39 is 282 Å². The summed E-state index contributed by atoms with van der Waals surface area (Å²) in [5, 5.41) is 0. The van der Waals surface area contributed by atoms with Crippen LogP contribution in [0.15, 0.2) is 0 Å². The molecular weight excluding hydrogens is 1280 g/mol. The third-order valence-electron chi connectivity index (χ3n) is 12.8. The predicted octanol–water partition coefficient (Wildman–Crippen LogP) is 11.7. The molecule has 0 nitrogen and oxygen atoms in total. The van der Waals surface area contributed by atoms with Gasteiger partial charge >= 0.3 is 18.9 Å². The fraction of sp³-hybridized carbons (Fsp3) is 0. The molecule has 0 atom stereocenters. The first-order valence-corrected chi connectivity index (χ1v) is 21.0. The second-order valence-corrected chi connectivity index (χ2v) is 16.8. The van der Waals surface area contributed by atoms with Crippen molar-refractivity contribution >= 4 is 28.0 Å². The summed E-state index contributed by atoms with van der Waals surface area (Å²) in [6.45, 7) is 0. The molecule has 0 spiro atoms. The Kier molecular flexibility index (Phi) is 16.7. The van der Waals surface area contributed by atoms with Crippen LogP contribution >= 0.6 is 0 Å². The van der Waals surface area contributed by atoms with Crippen molar-refractivity contribution in [2.75, 3.05) is 0 Å². The number of hydrogen-bond acceptors (Lipinski definition) is 0. The fourth-order valence-electron chi connectivity index (χ4n) is 9.16. The smallest absolute Gasteiger partial charge is 0.207 e. The van der Waals surface area contributed by atoms with Crippen molar-refractivity contribution in [3.05, 3.63) is 209 Å². The summed E-state index contributed by atoms with van der Waals surface area (Å²) in [5.41, 5.74) is -46.1. The fourth-order valence-corrected chi connectivity index (χ4v) is 9.16. The normalized spacial score (nSPS) is 11.9. The number of rotatable bonds is 8. The SMILES string of the molecule is Fc1c(F)c(F)c(-c2c(F)c(F)c([B-](c3c(F)c(F)c(-c4c(F)c(F)c(F)c(F)c4F)c(F)c3F)(c3c(F)c(F)c(-c4c(F)c(F)c(F)c(F)c4F)c(F)c3F)c3c(F)c(F)c(-c4c(F)c(F)c(F)c(F)c4F)c(F)c3F)c(F)c2F)c(F)c1F.[Li+]. The molecule has 0 saturated heterocycles. The third-order valence-corrected chi connectivity index (χ3v) is 12.8. The standard InChI is InChI=1S/C48BF36.Li/c50-13-1(5-21(58)37(74)45(82)38(75)22(5)59)14(51)30(67)9(29(13)66)49(10-31(68)15(52)2(16(53)32(10)69)6-23(60)39(76)46(83)40(77)24(6)61,11-33(70)17(54)3(18(55)34(11)71)7-25(62)41(78)47(84)42(79)26(7)63)12-35(72)19(56)4(20(57)36(12)73)8-27(64)43(80)48(85)44(81)28(8)65;/q-1;+1. The number of benzene rings is 8. The average Bonchev–Trinajstić information content (AvgIpc) is 0.686. The summed E-state index contributed by atoms with van der Waals surface area (Å²) in [7, 11) is 0. The van der Waals surface area contributed by atoms with E-state index in [-0.39, 0.29) is 18.9 Å². The van der Waals surface area contributed by atoms with Crippen LogP contribution in [-0.4, -0.2) is 6.15 Å². The van der Waals surface area contributed by atoms with Crippen LogP contribution in [0.5, 0.6) is 0 Å². The van der Waals surface area contributed by atoms with Gasteiger partial charge in [-0.05, 0) is 0 Å². The molecule has 0 aliphatic rings. The summed E-state index contributed by atoms with van der Waals surface area (Å²) in [4.78, 5) is 0. The molecular formula is C48BF36Li. The van der Waals surface area contributed by atoms with Crippen LogP contribution in [0, 0.1) is 209 Å². The Morgan fingerprint density at radius 2 is 0.174 bits per heavy atom. The first kappa shape index (κ1) is 65.4. The van der Waals surface area contributed by atoms with Crippen molar-refractivity contribution < 1.29 is 177 Å². The predicted molar refractivity (Wildman–Crippen MR) is 210 cm³/mol. The summed E-state index contributed by atoms with van der Waals surface area (Å²) in [5.74, 6) is -142. The van der Waals surface area contributed by atoms with Gasteiger partial charge in [-0.3, -0.25) is 0 Å². The first-order chi connectivity index (χ1) is 39.3. The van der Waals surface area contributed by atoms with Crippen molar-refractivity contribution in [3.63, 3.8) is 0 Å². The zero-order valence-electron chi connectivity index (χ0n) is 39.2. The van der Waals surface area contributed by atoms with Crippen LogP contribution in [0.25, 0.3) is 44.5 Å². The first-order valence-electron chi connectivity index (χ1n) is 21.0.